The third-order valence-corrected chi connectivity index (χ3v) is 8.83. The number of hydrogen-bond donors (Lipinski definition) is 4. The van der Waals surface area contributed by atoms with Crippen molar-refractivity contribution < 1.29 is 53.8 Å². The van der Waals surface area contributed by atoms with E-state index in [2.05, 4.69) is 13.8 Å². The number of carbonyl (C=O) groups excluding carboxylic acids is 1. The lowest BCUT2D eigenvalue weighted by Crippen LogP contribution is -2.59. The minimum atomic E-state index is -1.27. The Labute approximate surface area is 283 Å². The Morgan fingerprint density at radius 1 is 0.875 bits per heavy atom. The van der Waals surface area contributed by atoms with Crippen LogP contribution in [0.5, 0.6) is 0 Å². The van der Waals surface area contributed by atoms with Gasteiger partial charge in [0.2, 0.25) is 0 Å². The molecule has 2 fully saturated rings. The zero-order valence-corrected chi connectivity index (χ0v) is 28.7. The number of unbranched alkanes of at least 4 members (excludes halogenated alkanes) is 2. The van der Waals surface area contributed by atoms with E-state index in [0.717, 1.165) is 55.6 Å². The van der Waals surface area contributed by atoms with Crippen molar-refractivity contribution in [1.29, 1.82) is 0 Å². The molecule has 0 unspecified atom stereocenters. The van der Waals surface area contributed by atoms with Gasteiger partial charge in [-0.3, -0.25) is 0 Å². The number of rotatable bonds is 17. The maximum Gasteiger partial charge on any atom is 0.331 e. The maximum absolute atomic E-state index is 12.9. The highest BCUT2D eigenvalue weighted by Gasteiger charge is 2.54. The molecule has 0 saturated carbocycles. The summed E-state index contributed by atoms with van der Waals surface area (Å²) in [6.07, 6.45) is 17.9. The van der Waals surface area contributed by atoms with E-state index in [1.54, 1.807) is 38.2 Å². The predicted molar refractivity (Wildman–Crippen MR) is 180 cm³/mol. The average molecular weight is 673 g/mol. The molecule has 0 aromatic heterocycles. The second-order valence-corrected chi connectivity index (χ2v) is 12.9. The molecular formula is C37H52O11. The summed E-state index contributed by atoms with van der Waals surface area (Å²) in [4.78, 5) is 46.0. The lowest BCUT2D eigenvalue weighted by atomic mass is 9.78. The molecule has 0 aromatic rings. The summed E-state index contributed by atoms with van der Waals surface area (Å²) in [7, 11) is 0. The molecule has 48 heavy (non-hydrogen) atoms. The normalized spacial score (nSPS) is 28.4. The number of aliphatic carboxylic acids is 3. The molecule has 1 spiro atoms. The first-order valence-corrected chi connectivity index (χ1v) is 16.6. The van der Waals surface area contributed by atoms with Crippen LogP contribution in [0.2, 0.25) is 0 Å². The molecule has 266 valence electrons. The molecule has 0 radical (unpaired) electrons. The third kappa shape index (κ3) is 13.4. The van der Waals surface area contributed by atoms with E-state index in [1.165, 1.54) is 6.08 Å². The molecule has 4 N–H and O–H groups in total. The number of carboxylic acids is 3. The van der Waals surface area contributed by atoms with Crippen LogP contribution in [0.1, 0.15) is 92.4 Å². The smallest absolute Gasteiger partial charge is 0.331 e. The lowest BCUT2D eigenvalue weighted by molar-refractivity contribution is -0.344. The molecule has 2 aliphatic rings. The van der Waals surface area contributed by atoms with Crippen LogP contribution < -0.4 is 0 Å². The SMILES string of the molecule is CCCCC[C@@]1(OC(=O)/C=C/C(=O)O)CC[C@]2(CC[C@H](C)[C@@H](C/C=C(C)/C=C/[C@H](O)[C@@H](C)/C=C/C(=O)O)O2)O[C@H]1/C=C/C(C)=C/C(=O)O. The Morgan fingerprint density at radius 3 is 2.23 bits per heavy atom. The van der Waals surface area contributed by atoms with Crippen molar-refractivity contribution in [3.05, 3.63) is 71.9 Å². The van der Waals surface area contributed by atoms with Crippen molar-refractivity contribution in [1.82, 2.24) is 0 Å². The highest BCUT2D eigenvalue weighted by molar-refractivity contribution is 5.91. The monoisotopic (exact) mass is 672 g/mol. The highest BCUT2D eigenvalue weighted by Crippen LogP contribution is 2.48. The Kier molecular flexibility index (Phi) is 16.2. The second-order valence-electron chi connectivity index (χ2n) is 12.9. The zero-order chi connectivity index (χ0) is 35.9. The van der Waals surface area contributed by atoms with Gasteiger partial charge in [0.25, 0.3) is 0 Å². The number of carbonyl (C=O) groups is 4. The number of aliphatic hydroxyl groups is 1. The minimum Gasteiger partial charge on any atom is -0.478 e. The summed E-state index contributed by atoms with van der Waals surface area (Å²) >= 11 is 0. The Hall–Kier alpha value is -3.80. The topological polar surface area (TPSA) is 177 Å². The van der Waals surface area contributed by atoms with Gasteiger partial charge in [-0.25, -0.2) is 19.2 Å². The molecule has 2 heterocycles. The van der Waals surface area contributed by atoms with Crippen molar-refractivity contribution in [3.63, 3.8) is 0 Å². The van der Waals surface area contributed by atoms with Crippen molar-refractivity contribution in [2.45, 2.75) is 122 Å². The van der Waals surface area contributed by atoms with Crippen LogP contribution in [0.3, 0.4) is 0 Å². The van der Waals surface area contributed by atoms with Gasteiger partial charge in [-0.05, 0) is 57.4 Å². The molecule has 0 aromatic carbocycles. The summed E-state index contributed by atoms with van der Waals surface area (Å²) in [5.74, 6) is -5.38. The van der Waals surface area contributed by atoms with Crippen LogP contribution in [0.15, 0.2) is 71.9 Å². The molecule has 0 aliphatic carbocycles. The van der Waals surface area contributed by atoms with E-state index in [9.17, 15) is 29.4 Å². The molecule has 2 aliphatic heterocycles. The number of esters is 1. The van der Waals surface area contributed by atoms with Gasteiger partial charge >= 0.3 is 23.9 Å². The summed E-state index contributed by atoms with van der Waals surface area (Å²) < 4.78 is 19.5. The molecule has 2 rings (SSSR count). The van der Waals surface area contributed by atoms with Crippen LogP contribution in [0.25, 0.3) is 0 Å². The van der Waals surface area contributed by atoms with Crippen LogP contribution >= 0.6 is 0 Å². The summed E-state index contributed by atoms with van der Waals surface area (Å²) in [5, 5.41) is 37.5. The van der Waals surface area contributed by atoms with Gasteiger partial charge in [-0.15, -0.1) is 0 Å². The highest BCUT2D eigenvalue weighted by atomic mass is 16.7. The molecular weight excluding hydrogens is 620 g/mol. The van der Waals surface area contributed by atoms with Crippen molar-refractivity contribution >= 4 is 23.9 Å². The zero-order valence-electron chi connectivity index (χ0n) is 28.7. The number of carboxylic acid groups (broad SMARTS) is 3. The first-order chi connectivity index (χ1) is 22.6. The standard InChI is InChI=1S/C37H52O11/c1-6-7-8-20-36(48-35(45)18-17-33(41)42)22-23-37(47-31(36)15-11-26(3)24-34(43)44)21-19-28(5)30(46-37)14-10-25(2)9-13-29(38)27(4)12-16-32(39)40/h9-13,15-18,24,27-31,38H,6-8,14,19-23H2,1-5H3,(H,39,40)(H,41,42)(H,43,44)/b13-9+,15-11+,16-12+,18-17+,25-10+,26-24+/t27-,28-,29-,30+,31-,36+,37-/m0/s1. The lowest BCUT2D eigenvalue weighted by Gasteiger charge is -2.53. The van der Waals surface area contributed by atoms with Gasteiger partial charge in [-0.1, -0.05) is 75.6 Å². The van der Waals surface area contributed by atoms with Crippen LogP contribution in [-0.2, 0) is 33.4 Å². The van der Waals surface area contributed by atoms with Gasteiger partial charge in [0.15, 0.2) is 5.79 Å². The predicted octanol–water partition coefficient (Wildman–Crippen LogP) is 6.30. The van der Waals surface area contributed by atoms with E-state index < -0.39 is 47.5 Å². The Morgan fingerprint density at radius 2 is 1.58 bits per heavy atom. The largest absolute Gasteiger partial charge is 0.478 e. The van der Waals surface area contributed by atoms with E-state index in [-0.39, 0.29) is 17.9 Å². The van der Waals surface area contributed by atoms with Crippen molar-refractivity contribution in [2.75, 3.05) is 0 Å². The molecule has 0 amide bonds. The first kappa shape index (κ1) is 40.4. The fourth-order valence-corrected chi connectivity index (χ4v) is 5.89. The molecule has 11 nitrogen and oxygen atoms in total. The average Bonchev–Trinajstić information content (AvgIpc) is 3.02. The van der Waals surface area contributed by atoms with Crippen LogP contribution in [-0.4, -0.2) is 74.0 Å². The number of ether oxygens (including phenoxy) is 3. The summed E-state index contributed by atoms with van der Waals surface area (Å²) in [5.41, 5.74) is 0.245. The Balaban J connectivity index is 2.34. The second kappa shape index (κ2) is 19.3. The third-order valence-electron chi connectivity index (χ3n) is 8.83. The van der Waals surface area contributed by atoms with Gasteiger partial charge in [0.05, 0.1) is 12.2 Å². The number of aliphatic hydroxyl groups excluding tert-OH is 1. The van der Waals surface area contributed by atoms with Crippen LogP contribution in [0.4, 0.5) is 0 Å². The van der Waals surface area contributed by atoms with Gasteiger partial charge in [-0.2, -0.15) is 0 Å². The molecule has 11 heteroatoms. The van der Waals surface area contributed by atoms with Gasteiger partial charge in [0, 0.05) is 43.1 Å². The van der Waals surface area contributed by atoms with E-state index in [0.29, 0.717) is 37.7 Å². The first-order valence-electron chi connectivity index (χ1n) is 16.6. The number of allylic oxidation sites excluding steroid dienone is 4. The fourth-order valence-electron chi connectivity index (χ4n) is 5.89. The van der Waals surface area contributed by atoms with Gasteiger partial charge in [0.1, 0.15) is 11.7 Å². The van der Waals surface area contributed by atoms with E-state index in [4.69, 9.17) is 24.4 Å². The Bertz CT molecular complexity index is 1310. The number of hydrogen-bond acceptors (Lipinski definition) is 8. The maximum atomic E-state index is 12.9. The van der Waals surface area contributed by atoms with Gasteiger partial charge < -0.3 is 34.6 Å². The van der Waals surface area contributed by atoms with Crippen molar-refractivity contribution in [2.24, 2.45) is 11.8 Å². The van der Waals surface area contributed by atoms with Crippen LogP contribution in [0, 0.1) is 11.8 Å². The fraction of sp³-hybridized carbons (Fsp3) is 0.568. The molecule has 2 saturated heterocycles. The van der Waals surface area contributed by atoms with E-state index in [1.807, 2.05) is 13.0 Å². The minimum absolute atomic E-state index is 0.198. The molecule has 7 atom stereocenters. The van der Waals surface area contributed by atoms with E-state index >= 15 is 0 Å². The quantitative estimate of drug-likeness (QED) is 0.0590. The van der Waals surface area contributed by atoms with Crippen molar-refractivity contribution in [3.8, 4) is 0 Å². The summed E-state index contributed by atoms with van der Waals surface area (Å²) in [6.45, 7) is 9.46. The molecule has 0 bridgehead atoms. The summed E-state index contributed by atoms with van der Waals surface area (Å²) in [6, 6.07) is 0.